The molecule has 1 unspecified atom stereocenters. The van der Waals surface area contributed by atoms with Gasteiger partial charge < -0.3 is 15.8 Å². The van der Waals surface area contributed by atoms with Gasteiger partial charge in [-0.3, -0.25) is 10.1 Å². The van der Waals surface area contributed by atoms with E-state index in [-0.39, 0.29) is 0 Å². The number of aromatic amines is 1. The number of ether oxygens (including phenoxy) is 1. The lowest BCUT2D eigenvalue weighted by atomic mass is 9.92. The average Bonchev–Trinajstić information content (AvgIpc) is 2.98. The first-order chi connectivity index (χ1) is 11.6. The quantitative estimate of drug-likeness (QED) is 0.692. The van der Waals surface area contributed by atoms with Crippen molar-refractivity contribution >= 4 is 28.2 Å². The molecule has 1 aliphatic heterocycles. The van der Waals surface area contributed by atoms with Gasteiger partial charge in [0, 0.05) is 11.1 Å². The molecule has 1 atom stereocenters. The van der Waals surface area contributed by atoms with Crippen molar-refractivity contribution in [3.63, 3.8) is 0 Å². The number of nitrogens with two attached hydrogens (primary N) is 1. The number of aliphatic imine (C=N–C) groups is 1. The molecule has 1 aromatic heterocycles. The topological polar surface area (TPSA) is 88.3 Å². The van der Waals surface area contributed by atoms with Crippen molar-refractivity contribution in [2.75, 3.05) is 18.5 Å². The van der Waals surface area contributed by atoms with Crippen molar-refractivity contribution in [1.82, 2.24) is 10.2 Å². The fraction of sp³-hybridized carbons (Fsp3) is 0.222. The van der Waals surface area contributed by atoms with Gasteiger partial charge in [-0.25, -0.2) is 0 Å². The molecule has 122 valence electrons. The van der Waals surface area contributed by atoms with Gasteiger partial charge >= 0.3 is 0 Å². The van der Waals surface area contributed by atoms with Crippen LogP contribution in [0.5, 0.6) is 0 Å². The molecule has 2 heterocycles. The van der Waals surface area contributed by atoms with Crippen molar-refractivity contribution in [2.45, 2.75) is 12.5 Å². The van der Waals surface area contributed by atoms with Crippen molar-refractivity contribution in [3.8, 4) is 0 Å². The molecule has 0 spiro atoms. The number of rotatable bonds is 3. The van der Waals surface area contributed by atoms with Crippen molar-refractivity contribution in [1.29, 1.82) is 0 Å². The third kappa shape index (κ3) is 2.61. The summed E-state index contributed by atoms with van der Waals surface area (Å²) >= 11 is 0. The first-order valence-corrected chi connectivity index (χ1v) is 7.87. The summed E-state index contributed by atoms with van der Waals surface area (Å²) in [5.41, 5.74) is 8.39. The first-order valence-electron chi connectivity index (χ1n) is 7.87. The van der Waals surface area contributed by atoms with Crippen molar-refractivity contribution < 1.29 is 4.74 Å². The summed E-state index contributed by atoms with van der Waals surface area (Å²) in [7, 11) is 0. The molecular formula is C18H19N5O. The molecule has 0 saturated heterocycles. The van der Waals surface area contributed by atoms with Gasteiger partial charge in [-0.1, -0.05) is 24.3 Å². The monoisotopic (exact) mass is 321 g/mol. The zero-order valence-electron chi connectivity index (χ0n) is 13.4. The van der Waals surface area contributed by atoms with Crippen LogP contribution in [0.25, 0.3) is 10.9 Å². The lowest BCUT2D eigenvalue weighted by Gasteiger charge is -2.30. The van der Waals surface area contributed by atoms with E-state index >= 15 is 0 Å². The number of nitrogens with zero attached hydrogens (tertiary/aromatic N) is 2. The molecule has 6 nitrogen and oxygen atoms in total. The van der Waals surface area contributed by atoms with E-state index in [2.05, 4.69) is 26.6 Å². The summed E-state index contributed by atoms with van der Waals surface area (Å²) < 4.78 is 5.56. The van der Waals surface area contributed by atoms with Crippen LogP contribution in [0.15, 0.2) is 53.5 Å². The Balaban J connectivity index is 1.67. The molecule has 0 fully saturated rings. The van der Waals surface area contributed by atoms with Crippen LogP contribution in [0, 0.1) is 0 Å². The van der Waals surface area contributed by atoms with Crippen LogP contribution >= 0.6 is 0 Å². The zero-order chi connectivity index (χ0) is 16.6. The highest BCUT2D eigenvalue weighted by molar-refractivity contribution is 5.91. The third-order valence-corrected chi connectivity index (χ3v) is 4.24. The number of hydrogen-bond donors (Lipinski definition) is 3. The van der Waals surface area contributed by atoms with E-state index in [1.165, 1.54) is 0 Å². The van der Waals surface area contributed by atoms with E-state index in [0.29, 0.717) is 19.0 Å². The van der Waals surface area contributed by atoms with Crippen LogP contribution in [0.3, 0.4) is 0 Å². The molecule has 0 radical (unpaired) electrons. The van der Waals surface area contributed by atoms with Crippen LogP contribution in [-0.2, 0) is 10.3 Å². The number of benzene rings is 2. The standard InChI is InChI=1S/C18H19N5O/c1-18(11-24-10-16(19)21-18)12-5-4-6-13(9-12)20-17-14-7-2-3-8-15(14)22-23-17/h2-9H,10-11H2,1H3,(H2,19,21)(H2,20,22,23). The Bertz CT molecular complexity index is 916. The van der Waals surface area contributed by atoms with E-state index in [4.69, 9.17) is 10.5 Å². The summed E-state index contributed by atoms with van der Waals surface area (Å²) in [6, 6.07) is 16.1. The van der Waals surface area contributed by atoms with E-state index < -0.39 is 5.54 Å². The summed E-state index contributed by atoms with van der Waals surface area (Å²) in [6.45, 7) is 2.94. The average molecular weight is 321 g/mol. The van der Waals surface area contributed by atoms with E-state index in [9.17, 15) is 0 Å². The maximum atomic E-state index is 5.85. The molecule has 1 aliphatic rings. The van der Waals surface area contributed by atoms with Gasteiger partial charge in [0.05, 0.1) is 12.1 Å². The highest BCUT2D eigenvalue weighted by Crippen LogP contribution is 2.31. The first kappa shape index (κ1) is 14.7. The zero-order valence-corrected chi connectivity index (χ0v) is 13.4. The number of aromatic nitrogens is 2. The maximum absolute atomic E-state index is 5.85. The fourth-order valence-corrected chi connectivity index (χ4v) is 3.01. The molecule has 3 aromatic rings. The lowest BCUT2D eigenvalue weighted by molar-refractivity contribution is 0.106. The molecular weight excluding hydrogens is 302 g/mol. The molecule has 0 amide bonds. The van der Waals surface area contributed by atoms with Crippen LogP contribution in [0.2, 0.25) is 0 Å². The minimum Gasteiger partial charge on any atom is -0.386 e. The van der Waals surface area contributed by atoms with E-state index in [0.717, 1.165) is 28.0 Å². The largest absolute Gasteiger partial charge is 0.386 e. The number of H-pyrrole nitrogens is 1. The summed E-state index contributed by atoms with van der Waals surface area (Å²) in [4.78, 5) is 4.59. The van der Waals surface area contributed by atoms with Gasteiger partial charge in [0.25, 0.3) is 0 Å². The van der Waals surface area contributed by atoms with Gasteiger partial charge in [-0.2, -0.15) is 5.10 Å². The number of amidine groups is 1. The van der Waals surface area contributed by atoms with E-state index in [1.807, 2.05) is 49.4 Å². The summed E-state index contributed by atoms with van der Waals surface area (Å²) in [6.07, 6.45) is 0. The van der Waals surface area contributed by atoms with Crippen LogP contribution in [0.4, 0.5) is 11.5 Å². The predicted octanol–water partition coefficient (Wildman–Crippen LogP) is 2.91. The molecule has 4 N–H and O–H groups in total. The van der Waals surface area contributed by atoms with E-state index in [1.54, 1.807) is 0 Å². The Morgan fingerprint density at radius 3 is 2.96 bits per heavy atom. The minimum atomic E-state index is -0.465. The molecule has 0 aliphatic carbocycles. The predicted molar refractivity (Wildman–Crippen MR) is 95.6 cm³/mol. The van der Waals surface area contributed by atoms with Gasteiger partial charge in [0.15, 0.2) is 5.82 Å². The number of hydrogen-bond acceptors (Lipinski definition) is 5. The Kier molecular flexibility index (Phi) is 3.46. The number of para-hydroxylation sites is 1. The van der Waals surface area contributed by atoms with Gasteiger partial charge in [-0.15, -0.1) is 0 Å². The minimum absolute atomic E-state index is 0.396. The number of anilines is 2. The summed E-state index contributed by atoms with van der Waals surface area (Å²) in [5, 5.41) is 11.8. The second-order valence-electron chi connectivity index (χ2n) is 6.19. The number of nitrogens with one attached hydrogen (secondary N) is 2. The lowest BCUT2D eigenvalue weighted by Crippen LogP contribution is -2.37. The molecule has 0 bridgehead atoms. The molecule has 2 aromatic carbocycles. The Morgan fingerprint density at radius 1 is 1.21 bits per heavy atom. The highest BCUT2D eigenvalue weighted by Gasteiger charge is 2.30. The Morgan fingerprint density at radius 2 is 2.08 bits per heavy atom. The SMILES string of the molecule is CC1(c2cccc(Nc3n[nH]c4ccccc34)c2)COCC(N)=N1. The summed E-state index contributed by atoms with van der Waals surface area (Å²) in [5.74, 6) is 1.33. The molecule has 24 heavy (non-hydrogen) atoms. The molecule has 6 heteroatoms. The van der Waals surface area contributed by atoms with Crippen molar-refractivity contribution in [3.05, 3.63) is 54.1 Å². The highest BCUT2D eigenvalue weighted by atomic mass is 16.5. The Labute approximate surface area is 139 Å². The van der Waals surface area contributed by atoms with Crippen LogP contribution < -0.4 is 11.1 Å². The van der Waals surface area contributed by atoms with Crippen molar-refractivity contribution in [2.24, 2.45) is 10.7 Å². The second kappa shape index (κ2) is 5.65. The van der Waals surface area contributed by atoms with Crippen LogP contribution in [0.1, 0.15) is 12.5 Å². The third-order valence-electron chi connectivity index (χ3n) is 4.24. The maximum Gasteiger partial charge on any atom is 0.160 e. The smallest absolute Gasteiger partial charge is 0.160 e. The van der Waals surface area contributed by atoms with Crippen LogP contribution in [-0.4, -0.2) is 29.2 Å². The molecule has 0 saturated carbocycles. The Hall–Kier alpha value is -2.86. The van der Waals surface area contributed by atoms with Gasteiger partial charge in [0.2, 0.25) is 0 Å². The molecule has 4 rings (SSSR count). The van der Waals surface area contributed by atoms with Gasteiger partial charge in [-0.05, 0) is 36.8 Å². The normalized spacial score (nSPS) is 20.8. The second-order valence-corrected chi connectivity index (χ2v) is 6.19. The number of fused-ring (bicyclic) bond motifs is 1. The fourth-order valence-electron chi connectivity index (χ4n) is 3.01. The van der Waals surface area contributed by atoms with Gasteiger partial charge in [0.1, 0.15) is 18.0 Å².